The van der Waals surface area contributed by atoms with Gasteiger partial charge in [0.15, 0.2) is 0 Å². The number of ether oxygens (including phenoxy) is 2. The number of para-hydroxylation sites is 2. The minimum atomic E-state index is -1.26. The molecule has 8 N–H and O–H groups in total. The van der Waals surface area contributed by atoms with E-state index >= 15 is 0 Å². The Balaban J connectivity index is 1.97. The summed E-state index contributed by atoms with van der Waals surface area (Å²) in [5.74, 6) is -1.21. The van der Waals surface area contributed by atoms with Gasteiger partial charge in [0.2, 0.25) is 0 Å². The van der Waals surface area contributed by atoms with E-state index in [0.29, 0.717) is 77.3 Å². The van der Waals surface area contributed by atoms with Gasteiger partial charge in [-0.3, -0.25) is 29.8 Å². The van der Waals surface area contributed by atoms with E-state index in [4.69, 9.17) is 32.4 Å². The highest BCUT2D eigenvalue weighted by Gasteiger charge is 2.36. The van der Waals surface area contributed by atoms with E-state index in [2.05, 4.69) is 0 Å². The molecule has 0 fully saturated rings. The van der Waals surface area contributed by atoms with Gasteiger partial charge >= 0.3 is 11.9 Å². The van der Waals surface area contributed by atoms with E-state index in [9.17, 15) is 29.8 Å². The van der Waals surface area contributed by atoms with Crippen LogP contribution in [-0.2, 0) is 32.3 Å². The average Bonchev–Trinajstić information content (AvgIpc) is 3.08. The lowest BCUT2D eigenvalue weighted by atomic mass is 9.85. The molecular weight excluding hydrogens is 620 g/mol. The Morgan fingerprint density at radius 2 is 0.875 bits per heavy atom. The van der Waals surface area contributed by atoms with Gasteiger partial charge in [-0.1, -0.05) is 75.6 Å². The van der Waals surface area contributed by atoms with Gasteiger partial charge in [0, 0.05) is 12.1 Å². The van der Waals surface area contributed by atoms with Crippen molar-refractivity contribution in [1.82, 2.24) is 0 Å². The highest BCUT2D eigenvalue weighted by atomic mass is 16.6. The number of nitro benzene ring substituents is 2. The maximum Gasteiger partial charge on any atom is 0.326 e. The Labute approximate surface area is 282 Å². The molecule has 0 radical (unpaired) electrons. The Morgan fingerprint density at radius 3 is 1.19 bits per heavy atom. The Kier molecular flexibility index (Phi) is 17.7. The Hall–Kier alpha value is -3.98. The van der Waals surface area contributed by atoms with Gasteiger partial charge in [0.25, 0.3) is 11.4 Å². The number of nitrogens with zero attached hydrogens (tertiary/aromatic N) is 2. The van der Waals surface area contributed by atoms with Crippen LogP contribution in [0.2, 0.25) is 0 Å². The highest BCUT2D eigenvalue weighted by molar-refractivity contribution is 5.81. The molecule has 2 aromatic carbocycles. The number of benzene rings is 2. The Morgan fingerprint density at radius 1 is 0.562 bits per heavy atom. The molecule has 14 heteroatoms. The molecule has 0 bridgehead atoms. The van der Waals surface area contributed by atoms with Gasteiger partial charge in [0.05, 0.1) is 21.0 Å². The van der Waals surface area contributed by atoms with E-state index in [1.54, 1.807) is 36.4 Å². The van der Waals surface area contributed by atoms with Crippen LogP contribution in [-0.4, -0.2) is 46.0 Å². The lowest BCUT2D eigenvalue weighted by molar-refractivity contribution is -0.386. The van der Waals surface area contributed by atoms with Crippen LogP contribution in [0.15, 0.2) is 48.5 Å². The summed E-state index contributed by atoms with van der Waals surface area (Å²) in [4.78, 5) is 48.1. The second kappa shape index (κ2) is 21.1. The minimum Gasteiger partial charge on any atom is -0.459 e. The van der Waals surface area contributed by atoms with Crippen LogP contribution in [0.1, 0.15) is 101 Å². The van der Waals surface area contributed by atoms with Gasteiger partial charge in [-0.05, 0) is 63.7 Å². The zero-order valence-electron chi connectivity index (χ0n) is 27.8. The van der Waals surface area contributed by atoms with Gasteiger partial charge in [0.1, 0.15) is 24.3 Å². The predicted octanol–water partition coefficient (Wildman–Crippen LogP) is 5.06. The van der Waals surface area contributed by atoms with Crippen molar-refractivity contribution in [2.24, 2.45) is 22.9 Å². The summed E-state index contributed by atoms with van der Waals surface area (Å²) < 4.78 is 11.0. The van der Waals surface area contributed by atoms with Crippen molar-refractivity contribution in [3.05, 3.63) is 79.9 Å². The summed E-state index contributed by atoms with van der Waals surface area (Å²) in [6.07, 6.45) is 8.76. The largest absolute Gasteiger partial charge is 0.459 e. The lowest BCUT2D eigenvalue weighted by Crippen LogP contribution is -2.49. The third-order valence-corrected chi connectivity index (χ3v) is 8.56. The van der Waals surface area contributed by atoms with E-state index in [-0.39, 0.29) is 35.7 Å². The number of nitro groups is 2. The van der Waals surface area contributed by atoms with Crippen molar-refractivity contribution in [3.8, 4) is 0 Å². The number of hydrogen-bond acceptors (Lipinski definition) is 12. The van der Waals surface area contributed by atoms with Gasteiger partial charge in [-0.25, -0.2) is 0 Å². The number of carbonyl (C=O) groups excluding carboxylic acids is 2. The van der Waals surface area contributed by atoms with Crippen molar-refractivity contribution >= 4 is 23.3 Å². The normalized spacial score (nSPS) is 13.7. The first kappa shape index (κ1) is 40.2. The van der Waals surface area contributed by atoms with Crippen LogP contribution < -0.4 is 22.9 Å². The number of esters is 2. The SMILES string of the molecule is NCCCCCC(N)(CCCCCCC(N)(CCCCCN)C(=O)OCc1ccccc1[N+](=O)[O-])C(=O)OCc1ccccc1[N+](=O)[O-]. The first-order chi connectivity index (χ1) is 23.0. The lowest BCUT2D eigenvalue weighted by Gasteiger charge is -2.28. The molecule has 0 aliphatic heterocycles. The first-order valence-electron chi connectivity index (χ1n) is 16.7. The maximum absolute atomic E-state index is 13.2. The molecule has 0 aromatic heterocycles. The third kappa shape index (κ3) is 13.3. The van der Waals surface area contributed by atoms with E-state index in [1.165, 1.54) is 12.1 Å². The summed E-state index contributed by atoms with van der Waals surface area (Å²) in [6, 6.07) is 12.2. The first-order valence-corrected chi connectivity index (χ1v) is 16.7. The number of nitrogens with two attached hydrogens (primary N) is 4. The molecule has 0 aliphatic rings. The Bertz CT molecular complexity index is 1230. The van der Waals surface area contributed by atoms with Crippen LogP contribution in [0.3, 0.4) is 0 Å². The quantitative estimate of drug-likeness (QED) is 0.0468. The number of unbranched alkanes of at least 4 members (excludes halogenated alkanes) is 7. The number of rotatable bonds is 25. The van der Waals surface area contributed by atoms with E-state index < -0.39 is 32.9 Å². The van der Waals surface area contributed by atoms with Crippen LogP contribution in [0.5, 0.6) is 0 Å². The predicted molar refractivity (Wildman–Crippen MR) is 182 cm³/mol. The minimum absolute atomic E-state index is 0.128. The molecule has 0 spiro atoms. The summed E-state index contributed by atoms with van der Waals surface area (Å²) in [5, 5.41) is 22.7. The van der Waals surface area contributed by atoms with Gasteiger partial charge < -0.3 is 32.4 Å². The molecule has 2 rings (SSSR count). The second-order valence-corrected chi connectivity index (χ2v) is 12.3. The van der Waals surface area contributed by atoms with E-state index in [1.807, 2.05) is 0 Å². The molecule has 0 heterocycles. The highest BCUT2D eigenvalue weighted by Crippen LogP contribution is 2.27. The fraction of sp³-hybridized carbons (Fsp3) is 0.588. The topological polar surface area (TPSA) is 243 Å². The van der Waals surface area contributed by atoms with Gasteiger partial charge in [-0.2, -0.15) is 0 Å². The standard InChI is InChI=1S/C34H52N6O8/c35-23-13-3-11-21-33(37,31(41)47-25-27-15-5-7-17-29(27)39(43)44)19-9-1-2-10-20-34(38,22-12-4-14-24-36)32(42)48-26-28-16-6-8-18-30(28)40(45)46/h5-8,15-18H,1-4,9-14,19-26,35-38H2. The average molecular weight is 673 g/mol. The molecular formula is C34H52N6O8. The summed E-state index contributed by atoms with van der Waals surface area (Å²) >= 11 is 0. The van der Waals surface area contributed by atoms with Crippen LogP contribution in [0, 0.1) is 20.2 Å². The third-order valence-electron chi connectivity index (χ3n) is 8.56. The maximum atomic E-state index is 13.2. The molecule has 2 atom stereocenters. The van der Waals surface area contributed by atoms with Crippen molar-refractivity contribution in [2.45, 2.75) is 114 Å². The molecule has 0 amide bonds. The molecule has 14 nitrogen and oxygen atoms in total. The van der Waals surface area contributed by atoms with Gasteiger partial charge in [-0.15, -0.1) is 0 Å². The van der Waals surface area contributed by atoms with Crippen LogP contribution in [0.4, 0.5) is 11.4 Å². The van der Waals surface area contributed by atoms with E-state index in [0.717, 1.165) is 25.7 Å². The summed E-state index contributed by atoms with van der Waals surface area (Å²) in [6.45, 7) is 0.564. The van der Waals surface area contributed by atoms with Crippen molar-refractivity contribution in [2.75, 3.05) is 13.1 Å². The fourth-order valence-corrected chi connectivity index (χ4v) is 5.61. The number of hydrogen-bond donors (Lipinski definition) is 4. The zero-order chi connectivity index (χ0) is 35.4. The van der Waals surface area contributed by atoms with Crippen molar-refractivity contribution < 1.29 is 28.9 Å². The van der Waals surface area contributed by atoms with Crippen LogP contribution in [0.25, 0.3) is 0 Å². The van der Waals surface area contributed by atoms with Crippen LogP contribution >= 0.6 is 0 Å². The second-order valence-electron chi connectivity index (χ2n) is 12.3. The van der Waals surface area contributed by atoms with Crippen molar-refractivity contribution in [3.63, 3.8) is 0 Å². The summed E-state index contributed by atoms with van der Waals surface area (Å²) in [5.41, 5.74) is 22.3. The zero-order valence-corrected chi connectivity index (χ0v) is 27.8. The molecule has 2 unspecified atom stereocenters. The molecule has 0 saturated carbocycles. The fourth-order valence-electron chi connectivity index (χ4n) is 5.61. The number of carbonyl (C=O) groups is 2. The molecule has 266 valence electrons. The van der Waals surface area contributed by atoms with Crippen molar-refractivity contribution in [1.29, 1.82) is 0 Å². The smallest absolute Gasteiger partial charge is 0.326 e. The molecule has 0 aliphatic carbocycles. The monoisotopic (exact) mass is 672 g/mol. The summed E-state index contributed by atoms with van der Waals surface area (Å²) in [7, 11) is 0. The molecule has 48 heavy (non-hydrogen) atoms. The molecule has 0 saturated heterocycles. The molecule has 2 aromatic rings.